The maximum atomic E-state index is 13.0. The second kappa shape index (κ2) is 8.41. The van der Waals surface area contributed by atoms with Gasteiger partial charge in [-0.2, -0.15) is 0 Å². The van der Waals surface area contributed by atoms with E-state index in [1.54, 1.807) is 12.1 Å². The molecule has 1 aliphatic carbocycles. The number of hydrogen-bond donors (Lipinski definition) is 3. The number of nitrogens with one attached hydrogen (secondary N) is 2. The Balaban J connectivity index is 1.57. The predicted octanol–water partition coefficient (Wildman–Crippen LogP) is 3.28. The van der Waals surface area contributed by atoms with Gasteiger partial charge in [0, 0.05) is 35.6 Å². The molecule has 0 saturated carbocycles. The van der Waals surface area contributed by atoms with Crippen molar-refractivity contribution in [2.24, 2.45) is 0 Å². The third-order valence-electron chi connectivity index (χ3n) is 5.42. The number of sulfonamides is 1. The average Bonchev–Trinajstić information content (AvgIpc) is 3.10. The number of hydroxylamine groups is 1. The molecule has 3 N–H and O–H groups in total. The molecule has 7 nitrogen and oxygen atoms in total. The number of para-hydroxylation sites is 1. The number of nitrogens with zero attached hydrogens (tertiary/aromatic N) is 1. The molecule has 0 radical (unpaired) electrons. The lowest BCUT2D eigenvalue weighted by atomic mass is 9.91. The van der Waals surface area contributed by atoms with Gasteiger partial charge in [-0.05, 0) is 54.8 Å². The number of allylic oxidation sites excluding steroid dienone is 3. The molecule has 31 heavy (non-hydrogen) atoms. The first-order chi connectivity index (χ1) is 14.9. The van der Waals surface area contributed by atoms with Gasteiger partial charge in [-0.3, -0.25) is 14.7 Å². The van der Waals surface area contributed by atoms with E-state index in [0.717, 1.165) is 24.7 Å². The predicted molar refractivity (Wildman–Crippen MR) is 119 cm³/mol. The number of likely N-dealkylation sites (N-methyl/N-ethyl adjacent to an activating group) is 1. The Bertz CT molecular complexity index is 1200. The number of benzene rings is 2. The Morgan fingerprint density at radius 1 is 1.23 bits per heavy atom. The highest BCUT2D eigenvalue weighted by Crippen LogP contribution is 2.47. The summed E-state index contributed by atoms with van der Waals surface area (Å²) < 4.78 is 28.6. The van der Waals surface area contributed by atoms with Crippen LogP contribution in [-0.2, 0) is 14.8 Å². The summed E-state index contributed by atoms with van der Waals surface area (Å²) in [4.78, 5) is 13.5. The van der Waals surface area contributed by atoms with E-state index in [0.29, 0.717) is 11.3 Å². The summed E-state index contributed by atoms with van der Waals surface area (Å²) in [6.45, 7) is 2.88. The van der Waals surface area contributed by atoms with Crippen molar-refractivity contribution < 1.29 is 18.4 Å². The average molecular weight is 438 g/mol. The quantitative estimate of drug-likeness (QED) is 0.366. The Kier molecular flexibility index (Phi) is 5.67. The molecule has 0 bridgehead atoms. The molecule has 1 heterocycles. The van der Waals surface area contributed by atoms with Crippen LogP contribution in [0, 0.1) is 0 Å². The minimum absolute atomic E-state index is 0.0857. The minimum atomic E-state index is -3.81. The summed E-state index contributed by atoms with van der Waals surface area (Å²) in [5.74, 6) is -0.464. The van der Waals surface area contributed by atoms with Crippen LogP contribution in [0.5, 0.6) is 0 Å². The molecule has 0 saturated heterocycles. The molecule has 0 spiro atoms. The van der Waals surface area contributed by atoms with E-state index in [-0.39, 0.29) is 10.8 Å². The SMILES string of the molecule is CCN1C2=CC(NS(=O)(=O)c3cccc(/C=C/C(=O)NO)c3)=CCC2c2ccccc21. The fourth-order valence-electron chi connectivity index (χ4n) is 4.04. The fourth-order valence-corrected chi connectivity index (χ4v) is 5.16. The van der Waals surface area contributed by atoms with Crippen LogP contribution in [-0.4, -0.2) is 26.1 Å². The van der Waals surface area contributed by atoms with Crippen molar-refractivity contribution in [3.8, 4) is 0 Å². The number of anilines is 1. The van der Waals surface area contributed by atoms with Crippen molar-refractivity contribution in [3.63, 3.8) is 0 Å². The van der Waals surface area contributed by atoms with Crippen molar-refractivity contribution in [1.29, 1.82) is 0 Å². The molecule has 1 atom stereocenters. The summed E-state index contributed by atoms with van der Waals surface area (Å²) >= 11 is 0. The first-order valence-electron chi connectivity index (χ1n) is 9.96. The number of fused-ring (bicyclic) bond motifs is 3. The molecule has 2 aromatic rings. The largest absolute Gasteiger partial charge is 0.344 e. The van der Waals surface area contributed by atoms with Gasteiger partial charge in [-0.1, -0.05) is 36.4 Å². The third kappa shape index (κ3) is 4.12. The Morgan fingerprint density at radius 2 is 2.03 bits per heavy atom. The van der Waals surface area contributed by atoms with Gasteiger partial charge in [0.25, 0.3) is 15.9 Å². The first-order valence-corrected chi connectivity index (χ1v) is 11.4. The Morgan fingerprint density at radius 3 is 2.81 bits per heavy atom. The number of amides is 1. The van der Waals surface area contributed by atoms with Crippen LogP contribution in [0.25, 0.3) is 6.08 Å². The van der Waals surface area contributed by atoms with E-state index < -0.39 is 15.9 Å². The monoisotopic (exact) mass is 437 g/mol. The van der Waals surface area contributed by atoms with Crippen LogP contribution in [0.2, 0.25) is 0 Å². The van der Waals surface area contributed by atoms with Gasteiger partial charge in [0.2, 0.25) is 0 Å². The summed E-state index contributed by atoms with van der Waals surface area (Å²) in [5, 5.41) is 8.57. The van der Waals surface area contributed by atoms with Gasteiger partial charge >= 0.3 is 0 Å². The summed E-state index contributed by atoms with van der Waals surface area (Å²) in [6.07, 6.45) is 7.08. The van der Waals surface area contributed by atoms with Crippen LogP contribution >= 0.6 is 0 Å². The molecule has 1 amide bonds. The lowest BCUT2D eigenvalue weighted by Gasteiger charge is -2.25. The van der Waals surface area contributed by atoms with E-state index in [1.807, 2.05) is 24.3 Å². The maximum Gasteiger partial charge on any atom is 0.267 e. The van der Waals surface area contributed by atoms with Crippen molar-refractivity contribution in [1.82, 2.24) is 10.2 Å². The van der Waals surface area contributed by atoms with Crippen molar-refractivity contribution in [2.75, 3.05) is 11.4 Å². The fraction of sp³-hybridized carbons (Fsp3) is 0.174. The maximum absolute atomic E-state index is 13.0. The Hall–Kier alpha value is -3.36. The highest BCUT2D eigenvalue weighted by molar-refractivity contribution is 7.89. The van der Waals surface area contributed by atoms with Crippen LogP contribution in [0.3, 0.4) is 0 Å². The number of carbonyl (C=O) groups excluding carboxylic acids is 1. The molecule has 4 rings (SSSR count). The van der Waals surface area contributed by atoms with Gasteiger partial charge in [-0.25, -0.2) is 13.9 Å². The zero-order valence-corrected chi connectivity index (χ0v) is 17.8. The van der Waals surface area contributed by atoms with E-state index in [9.17, 15) is 13.2 Å². The smallest absolute Gasteiger partial charge is 0.267 e. The first kappa shape index (κ1) is 20.9. The second-order valence-corrected chi connectivity index (χ2v) is 8.99. The lowest BCUT2D eigenvalue weighted by molar-refractivity contribution is -0.124. The van der Waals surface area contributed by atoms with E-state index >= 15 is 0 Å². The molecule has 1 unspecified atom stereocenters. The highest BCUT2D eigenvalue weighted by atomic mass is 32.2. The summed E-state index contributed by atoms with van der Waals surface area (Å²) in [6, 6.07) is 14.5. The molecule has 2 aromatic carbocycles. The molecule has 1 aliphatic heterocycles. The van der Waals surface area contributed by atoms with Crippen molar-refractivity contribution >= 4 is 27.7 Å². The minimum Gasteiger partial charge on any atom is -0.344 e. The zero-order valence-electron chi connectivity index (χ0n) is 16.9. The molecular formula is C23H23N3O4S. The zero-order chi connectivity index (χ0) is 22.0. The Labute approximate surface area is 181 Å². The molecule has 160 valence electrons. The van der Waals surface area contributed by atoms with Gasteiger partial charge in [-0.15, -0.1) is 0 Å². The topological polar surface area (TPSA) is 98.7 Å². The van der Waals surface area contributed by atoms with Gasteiger partial charge in [0.1, 0.15) is 0 Å². The summed E-state index contributed by atoms with van der Waals surface area (Å²) in [5.41, 5.74) is 6.08. The van der Waals surface area contributed by atoms with E-state index in [4.69, 9.17) is 5.21 Å². The van der Waals surface area contributed by atoms with Gasteiger partial charge in [0.05, 0.1) is 4.90 Å². The molecule has 0 aromatic heterocycles. The second-order valence-electron chi connectivity index (χ2n) is 7.31. The number of hydrogen-bond acceptors (Lipinski definition) is 5. The van der Waals surface area contributed by atoms with E-state index in [2.05, 4.69) is 28.7 Å². The normalized spacial score (nSPS) is 17.6. The van der Waals surface area contributed by atoms with Crippen LogP contribution in [0.4, 0.5) is 5.69 Å². The van der Waals surface area contributed by atoms with Gasteiger partial charge in [0.15, 0.2) is 0 Å². The van der Waals surface area contributed by atoms with Crippen LogP contribution < -0.4 is 15.1 Å². The highest BCUT2D eigenvalue weighted by Gasteiger charge is 2.34. The molecule has 8 heteroatoms. The number of rotatable bonds is 6. The molecule has 0 fully saturated rings. The van der Waals surface area contributed by atoms with Crippen molar-refractivity contribution in [3.05, 3.63) is 89.3 Å². The number of carbonyl (C=O) groups is 1. The van der Waals surface area contributed by atoms with Gasteiger partial charge < -0.3 is 4.90 Å². The summed E-state index contributed by atoms with van der Waals surface area (Å²) in [7, 11) is -3.81. The molecular weight excluding hydrogens is 414 g/mol. The van der Waals surface area contributed by atoms with Crippen LogP contribution in [0.1, 0.15) is 30.4 Å². The standard InChI is InChI=1S/C23H23N3O4S/c1-2-26-21-9-4-3-8-19(21)20-12-11-17(15-22(20)26)25-31(29,30)18-7-5-6-16(14-18)10-13-23(27)24-28/h3-11,13-15,20,25,28H,2,12H2,1H3,(H,24,27)/b13-10+. The van der Waals surface area contributed by atoms with Crippen molar-refractivity contribution in [2.45, 2.75) is 24.2 Å². The van der Waals surface area contributed by atoms with E-state index in [1.165, 1.54) is 34.9 Å². The lowest BCUT2D eigenvalue weighted by Crippen LogP contribution is -2.26. The molecule has 2 aliphatic rings. The third-order valence-corrected chi connectivity index (χ3v) is 6.80. The van der Waals surface area contributed by atoms with Crippen LogP contribution in [0.15, 0.2) is 83.0 Å².